The number of rotatable bonds is 16. The number of amides is 5. The summed E-state index contributed by atoms with van der Waals surface area (Å²) in [6.07, 6.45) is 0.680. The summed E-state index contributed by atoms with van der Waals surface area (Å²) in [4.78, 5) is 64.6. The summed E-state index contributed by atoms with van der Waals surface area (Å²) in [6.45, 7) is 14.6. The van der Waals surface area contributed by atoms with Gasteiger partial charge in [0.25, 0.3) is 0 Å². The number of hydrogen-bond acceptors (Lipinski definition) is 17. The second-order valence-electron chi connectivity index (χ2n) is 24.4. The molecule has 10 bridgehead atoms. The molecule has 8 heterocycles. The van der Waals surface area contributed by atoms with Gasteiger partial charge in [-0.05, 0) is 98.5 Å². The van der Waals surface area contributed by atoms with Crippen molar-refractivity contribution in [3.05, 3.63) is 54.1 Å². The number of urea groups is 1. The highest BCUT2D eigenvalue weighted by Crippen LogP contribution is 2.49. The van der Waals surface area contributed by atoms with E-state index in [9.17, 15) is 34.2 Å². The molecule has 8 aliphatic rings. The molecule has 22 heteroatoms. The van der Waals surface area contributed by atoms with Gasteiger partial charge in [-0.25, -0.2) is 9.59 Å². The molecule has 5 amide bonds. The molecule has 0 aliphatic carbocycles. The zero-order chi connectivity index (χ0) is 57.7. The normalized spacial score (nSPS) is 37.0. The van der Waals surface area contributed by atoms with Crippen molar-refractivity contribution >= 4 is 35.4 Å². The number of carbonyl (C=O) groups is 5. The van der Waals surface area contributed by atoms with Crippen molar-refractivity contribution in [3.63, 3.8) is 0 Å². The van der Waals surface area contributed by atoms with Crippen LogP contribution in [-0.2, 0) is 63.6 Å². The van der Waals surface area contributed by atoms with Crippen LogP contribution in [0, 0.1) is 17.8 Å². The standard InChI is InChI=1S/C59H88N6O16/c1-30(2)51(60)56(70)65-42(8-7-19-62-57(61)71)55(69)64-35-11-9-34(10-12-35)29-74-58(72)63-28-37(67)24-48-52(73-6)41-23-36(66)22-39-14-16-45-54(77-39)50-26-49(78-45)53-43(68)27-59(80-50,81-53)18-17-40-21-32(4)44(75-40)15-13-38-20-31(3)33(5)46(76-38)25-47(41)79-48/h9-12,30-31,37-54,67-68H,4-5,7-8,13-29,60H2,1-3,6H3,(H,63,72)(H,64,69)(H,65,70)(H3,61,62,71)/t31-,37?,38+,39?,40?,41?,42?,43-,44?,45+,46?,47+,48-,49-,50?,51+,52-,53?,54+,59-/m1/s1. The highest BCUT2D eigenvalue weighted by Gasteiger charge is 2.60. The van der Waals surface area contributed by atoms with E-state index < -0.39 is 90.5 Å². The highest BCUT2D eigenvalue weighted by atomic mass is 16.7. The lowest BCUT2D eigenvalue weighted by molar-refractivity contribution is -0.277. The quantitative estimate of drug-likeness (QED) is 0.0848. The Bertz CT molecular complexity index is 2400. The number of primary amides is 1. The average Bonchev–Trinajstić information content (AvgIpc) is 4.21. The predicted molar refractivity (Wildman–Crippen MR) is 294 cm³/mol. The summed E-state index contributed by atoms with van der Waals surface area (Å²) >= 11 is 0. The van der Waals surface area contributed by atoms with Crippen LogP contribution in [0.15, 0.2) is 48.6 Å². The molecule has 9 rings (SSSR count). The Kier molecular flexibility index (Phi) is 20.3. The number of hydrogen-bond donors (Lipinski definition) is 8. The third-order valence-electron chi connectivity index (χ3n) is 18.0. The molecule has 8 saturated heterocycles. The van der Waals surface area contributed by atoms with E-state index in [-0.39, 0.29) is 112 Å². The van der Waals surface area contributed by atoms with Gasteiger partial charge in [0.1, 0.15) is 30.6 Å². The van der Waals surface area contributed by atoms with Crippen LogP contribution >= 0.6 is 0 Å². The van der Waals surface area contributed by atoms with E-state index in [4.69, 9.17) is 54.1 Å². The summed E-state index contributed by atoms with van der Waals surface area (Å²) < 4.78 is 59.0. The fourth-order valence-corrected chi connectivity index (χ4v) is 13.5. The summed E-state index contributed by atoms with van der Waals surface area (Å²) in [5.41, 5.74) is 14.3. The van der Waals surface area contributed by atoms with Crippen molar-refractivity contribution < 1.29 is 76.8 Å². The van der Waals surface area contributed by atoms with Crippen molar-refractivity contribution in [3.8, 4) is 0 Å². The van der Waals surface area contributed by atoms with Crippen LogP contribution in [-0.4, -0.2) is 170 Å². The van der Waals surface area contributed by atoms with Crippen LogP contribution in [0.25, 0.3) is 0 Å². The largest absolute Gasteiger partial charge is 0.445 e. The minimum atomic E-state index is -1.07. The Balaban J connectivity index is 0.817. The van der Waals surface area contributed by atoms with Crippen LogP contribution in [0.2, 0.25) is 0 Å². The third-order valence-corrected chi connectivity index (χ3v) is 18.0. The maximum absolute atomic E-state index is 14.4. The molecule has 9 unspecified atom stereocenters. The molecule has 8 fully saturated rings. The highest BCUT2D eigenvalue weighted by molar-refractivity contribution is 5.97. The summed E-state index contributed by atoms with van der Waals surface area (Å²) in [5.74, 6) is -2.36. The number of fused-ring (bicyclic) bond motifs is 9. The monoisotopic (exact) mass is 1140 g/mol. The number of carbonyl (C=O) groups excluding carboxylic acids is 5. The number of anilines is 1. The van der Waals surface area contributed by atoms with E-state index in [1.54, 1.807) is 45.2 Å². The maximum Gasteiger partial charge on any atom is 0.407 e. The van der Waals surface area contributed by atoms with Gasteiger partial charge >= 0.3 is 12.1 Å². The van der Waals surface area contributed by atoms with Crippen LogP contribution in [0.3, 0.4) is 0 Å². The van der Waals surface area contributed by atoms with Gasteiger partial charge in [-0.15, -0.1) is 0 Å². The van der Waals surface area contributed by atoms with E-state index in [0.29, 0.717) is 62.6 Å². The van der Waals surface area contributed by atoms with Crippen molar-refractivity contribution in [2.75, 3.05) is 25.5 Å². The van der Waals surface area contributed by atoms with Gasteiger partial charge in [0.2, 0.25) is 11.8 Å². The Morgan fingerprint density at radius 2 is 1.58 bits per heavy atom. The van der Waals surface area contributed by atoms with Gasteiger partial charge in [0.15, 0.2) is 5.79 Å². The Morgan fingerprint density at radius 3 is 2.33 bits per heavy atom. The van der Waals surface area contributed by atoms with Gasteiger partial charge in [0, 0.05) is 76.8 Å². The summed E-state index contributed by atoms with van der Waals surface area (Å²) in [5, 5.41) is 33.3. The van der Waals surface area contributed by atoms with E-state index in [1.807, 2.05) is 0 Å². The molecule has 1 aromatic carbocycles. The molecule has 1 spiro atoms. The fraction of sp³-hybridized carbons (Fsp3) is 0.746. The number of ether oxygens (including phenoxy) is 9. The lowest BCUT2D eigenvalue weighted by Gasteiger charge is -2.47. The van der Waals surface area contributed by atoms with Gasteiger partial charge < -0.3 is 85.6 Å². The zero-order valence-corrected chi connectivity index (χ0v) is 47.5. The Hall–Kier alpha value is -4.59. The number of nitrogens with two attached hydrogens (primary N) is 2. The van der Waals surface area contributed by atoms with Gasteiger partial charge in [-0.1, -0.05) is 46.1 Å². The maximum atomic E-state index is 14.4. The van der Waals surface area contributed by atoms with Crippen molar-refractivity contribution in [1.82, 2.24) is 16.0 Å². The van der Waals surface area contributed by atoms with Crippen LogP contribution in [0.1, 0.15) is 129 Å². The molecule has 0 saturated carbocycles. The lowest BCUT2D eigenvalue weighted by atomic mass is 9.81. The number of methoxy groups -OCH3 is 1. The average molecular weight is 1140 g/mol. The second-order valence-corrected chi connectivity index (χ2v) is 24.4. The number of alkyl carbamates (subject to hydrolysis) is 1. The molecule has 81 heavy (non-hydrogen) atoms. The van der Waals surface area contributed by atoms with E-state index >= 15 is 0 Å². The first-order chi connectivity index (χ1) is 38.7. The Morgan fingerprint density at radius 1 is 0.827 bits per heavy atom. The molecular formula is C59H88N6O16. The molecule has 450 valence electrons. The summed E-state index contributed by atoms with van der Waals surface area (Å²) in [6, 6.07) is 4.15. The molecular weight excluding hydrogens is 1050 g/mol. The summed E-state index contributed by atoms with van der Waals surface area (Å²) in [7, 11) is 1.59. The number of ketones is 1. The number of aliphatic hydroxyl groups excluding tert-OH is 2. The number of nitrogens with one attached hydrogen (secondary N) is 4. The predicted octanol–water partition coefficient (Wildman–Crippen LogP) is 4.24. The van der Waals surface area contributed by atoms with E-state index in [1.165, 1.54) is 0 Å². The number of benzene rings is 1. The topological polar surface area (TPSA) is 309 Å². The molecule has 1 aromatic rings. The number of aliphatic hydroxyl groups is 2. The molecule has 0 radical (unpaired) electrons. The zero-order valence-electron chi connectivity index (χ0n) is 47.5. The third kappa shape index (κ3) is 15.2. The molecule has 0 aromatic heterocycles. The smallest absolute Gasteiger partial charge is 0.407 e. The molecule has 8 aliphatic heterocycles. The van der Waals surface area contributed by atoms with Crippen LogP contribution in [0.5, 0.6) is 0 Å². The molecule has 10 N–H and O–H groups in total. The molecule has 20 atom stereocenters. The molecule has 22 nitrogen and oxygen atoms in total. The van der Waals surface area contributed by atoms with Crippen molar-refractivity contribution in [2.45, 2.75) is 240 Å². The van der Waals surface area contributed by atoms with Gasteiger partial charge in [-0.2, -0.15) is 0 Å². The minimum absolute atomic E-state index is 0.000137. The fourth-order valence-electron chi connectivity index (χ4n) is 13.5. The Labute approximate surface area is 475 Å². The van der Waals surface area contributed by atoms with Gasteiger partial charge in [0.05, 0.1) is 85.4 Å². The minimum Gasteiger partial charge on any atom is -0.445 e. The number of Topliss-reactive ketones (excluding diaryl/α,β-unsaturated/α-hetero) is 1. The SMILES string of the molecule is C=C1CC2CC[C@]34C[C@@H](O)C(O3)[C@H]3CC(O4)[C@H]4OC(CC[C@@H]4O3)CC(=O)CC3[C@H](CC4O[C@@H](CCC1O2)C[C@@H](C)C4=C)O[C@H](CC(O)CNC(=O)OCc1ccc(NC(=O)C(CCCNC(N)=O)NC(=O)[C@@H](N)C(C)C)cc1)[C@@H]3OC. The van der Waals surface area contributed by atoms with E-state index in [0.717, 1.165) is 36.8 Å². The van der Waals surface area contributed by atoms with Crippen molar-refractivity contribution in [1.29, 1.82) is 0 Å². The van der Waals surface area contributed by atoms with Crippen molar-refractivity contribution in [2.24, 2.45) is 29.2 Å². The lowest BCUT2D eigenvalue weighted by Crippen LogP contribution is -2.58. The first-order valence-corrected chi connectivity index (χ1v) is 29.5. The van der Waals surface area contributed by atoms with Crippen LogP contribution < -0.4 is 32.7 Å². The second kappa shape index (κ2) is 27.0. The van der Waals surface area contributed by atoms with Gasteiger partial charge in [-0.3, -0.25) is 14.4 Å². The first-order valence-electron chi connectivity index (χ1n) is 29.5. The van der Waals surface area contributed by atoms with E-state index in [2.05, 4.69) is 41.3 Å². The first kappa shape index (κ1) is 61.0. The van der Waals surface area contributed by atoms with Crippen LogP contribution in [0.4, 0.5) is 15.3 Å².